The predicted molar refractivity (Wildman–Crippen MR) is 162 cm³/mol. The van der Waals surface area contributed by atoms with E-state index in [0.717, 1.165) is 28.2 Å². The van der Waals surface area contributed by atoms with Crippen molar-refractivity contribution in [3.05, 3.63) is 101 Å². The van der Waals surface area contributed by atoms with Crippen LogP contribution in [0.2, 0.25) is 0 Å². The van der Waals surface area contributed by atoms with Crippen molar-refractivity contribution in [2.45, 2.75) is 59.4 Å². The predicted octanol–water partition coefficient (Wildman–Crippen LogP) is 7.27. The Kier molecular flexibility index (Phi) is 8.05. The molecular weight excluding hydrogens is 498 g/mol. The number of benzene rings is 3. The summed E-state index contributed by atoms with van der Waals surface area (Å²) in [4.78, 5) is 34.5. The van der Waals surface area contributed by atoms with Gasteiger partial charge in [-0.15, -0.1) is 0 Å². The summed E-state index contributed by atoms with van der Waals surface area (Å²) in [6, 6.07) is 22.5. The molecular formula is C33H37N5O2. The Hall–Kier alpha value is -4.52. The van der Waals surface area contributed by atoms with Crippen molar-refractivity contribution in [1.29, 1.82) is 0 Å². The quantitative estimate of drug-likeness (QED) is 0.241. The third kappa shape index (κ3) is 7.11. The van der Waals surface area contributed by atoms with E-state index in [1.54, 1.807) is 18.3 Å². The first kappa shape index (κ1) is 28.5. The number of nitrogens with zero attached hydrogens (tertiary/aromatic N) is 2. The average Bonchev–Trinajstić information content (AvgIpc) is 2.89. The topological polar surface area (TPSA) is 96.0 Å². The first-order chi connectivity index (χ1) is 18.8. The van der Waals surface area contributed by atoms with Gasteiger partial charge < -0.3 is 16.0 Å². The molecule has 0 bridgehead atoms. The molecule has 7 nitrogen and oxygen atoms in total. The van der Waals surface area contributed by atoms with Gasteiger partial charge in [0.1, 0.15) is 0 Å². The van der Waals surface area contributed by atoms with Crippen LogP contribution in [0.5, 0.6) is 0 Å². The van der Waals surface area contributed by atoms with E-state index in [1.165, 1.54) is 5.56 Å². The normalized spacial score (nSPS) is 11.6. The number of rotatable bonds is 6. The van der Waals surface area contributed by atoms with Crippen molar-refractivity contribution in [3.8, 4) is 11.3 Å². The van der Waals surface area contributed by atoms with Crippen molar-refractivity contribution in [3.63, 3.8) is 0 Å². The van der Waals surface area contributed by atoms with E-state index in [9.17, 15) is 9.59 Å². The molecule has 0 saturated carbocycles. The fourth-order valence-electron chi connectivity index (χ4n) is 4.18. The zero-order valence-electron chi connectivity index (χ0n) is 24.2. The molecule has 0 aliphatic heterocycles. The summed E-state index contributed by atoms with van der Waals surface area (Å²) in [6.07, 6.45) is 1.69. The summed E-state index contributed by atoms with van der Waals surface area (Å²) in [6.45, 7) is 14.2. The second-order valence-corrected chi connectivity index (χ2v) is 11.9. The van der Waals surface area contributed by atoms with Crippen molar-refractivity contribution >= 4 is 29.1 Å². The van der Waals surface area contributed by atoms with E-state index >= 15 is 0 Å². The maximum atomic E-state index is 13.0. The van der Waals surface area contributed by atoms with Crippen LogP contribution in [-0.2, 0) is 5.41 Å². The van der Waals surface area contributed by atoms with Crippen LogP contribution in [0.25, 0.3) is 11.3 Å². The minimum Gasteiger partial charge on any atom is -0.347 e. The fourth-order valence-corrected chi connectivity index (χ4v) is 4.18. The highest BCUT2D eigenvalue weighted by atomic mass is 16.2. The lowest BCUT2D eigenvalue weighted by Gasteiger charge is -2.20. The maximum Gasteiger partial charge on any atom is 0.255 e. The molecule has 0 spiro atoms. The average molecular weight is 536 g/mol. The number of carbonyl (C=O) groups excluding carboxylic acids is 2. The summed E-state index contributed by atoms with van der Waals surface area (Å²) >= 11 is 0. The van der Waals surface area contributed by atoms with Crippen LogP contribution < -0.4 is 16.0 Å². The number of nitrogens with one attached hydrogen (secondary N) is 3. The summed E-state index contributed by atoms with van der Waals surface area (Å²) in [5, 5.41) is 9.21. The molecule has 4 aromatic rings. The molecule has 0 radical (unpaired) electrons. The molecule has 0 aliphatic carbocycles. The Morgan fingerprint density at radius 3 is 2.00 bits per heavy atom. The molecule has 2 amide bonds. The lowest BCUT2D eigenvalue weighted by atomic mass is 9.86. The number of hydrogen-bond acceptors (Lipinski definition) is 5. The fraction of sp³-hybridized carbons (Fsp3) is 0.273. The van der Waals surface area contributed by atoms with Crippen LogP contribution in [-0.4, -0.2) is 27.3 Å². The zero-order chi connectivity index (χ0) is 29.1. The Morgan fingerprint density at radius 1 is 0.750 bits per heavy atom. The smallest absolute Gasteiger partial charge is 0.255 e. The van der Waals surface area contributed by atoms with Gasteiger partial charge in [-0.25, -0.2) is 9.97 Å². The summed E-state index contributed by atoms with van der Waals surface area (Å²) < 4.78 is 0. The molecule has 206 valence electrons. The van der Waals surface area contributed by atoms with Crippen molar-refractivity contribution < 1.29 is 9.59 Å². The molecule has 1 aromatic heterocycles. The lowest BCUT2D eigenvalue weighted by molar-refractivity contribution is 0.0919. The SMILES string of the molecule is Cc1c(NC(=O)c2ccc(C(C)(C)C)cc2)cccc1-c1ccnc(Nc2ccc(C(=O)NC(C)(C)C)cc2)n1. The first-order valence-electron chi connectivity index (χ1n) is 13.3. The Labute approximate surface area is 236 Å². The molecule has 3 aromatic carbocycles. The third-order valence-electron chi connectivity index (χ3n) is 6.42. The van der Waals surface area contributed by atoms with Crippen LogP contribution >= 0.6 is 0 Å². The van der Waals surface area contributed by atoms with E-state index in [4.69, 9.17) is 4.98 Å². The van der Waals surface area contributed by atoms with Gasteiger partial charge in [-0.1, -0.05) is 45.0 Å². The molecule has 3 N–H and O–H groups in total. The van der Waals surface area contributed by atoms with Crippen molar-refractivity contribution in [1.82, 2.24) is 15.3 Å². The lowest BCUT2D eigenvalue weighted by Crippen LogP contribution is -2.40. The van der Waals surface area contributed by atoms with Crippen molar-refractivity contribution in [2.24, 2.45) is 0 Å². The van der Waals surface area contributed by atoms with E-state index in [1.807, 2.05) is 88.4 Å². The molecule has 0 unspecified atom stereocenters. The number of hydrogen-bond donors (Lipinski definition) is 3. The highest BCUT2D eigenvalue weighted by molar-refractivity contribution is 6.05. The maximum absolute atomic E-state index is 13.0. The number of carbonyl (C=O) groups is 2. The highest BCUT2D eigenvalue weighted by Crippen LogP contribution is 2.29. The van der Waals surface area contributed by atoms with E-state index in [0.29, 0.717) is 17.1 Å². The van der Waals surface area contributed by atoms with Gasteiger partial charge in [0.2, 0.25) is 5.95 Å². The van der Waals surface area contributed by atoms with Crippen molar-refractivity contribution in [2.75, 3.05) is 10.6 Å². The molecule has 0 atom stereocenters. The van der Waals surface area contributed by atoms with Gasteiger partial charge in [0.15, 0.2) is 0 Å². The van der Waals surface area contributed by atoms with E-state index in [2.05, 4.69) is 41.7 Å². The first-order valence-corrected chi connectivity index (χ1v) is 13.3. The van der Waals surface area contributed by atoms with Crippen LogP contribution in [0, 0.1) is 6.92 Å². The van der Waals surface area contributed by atoms with E-state index in [-0.39, 0.29) is 22.8 Å². The van der Waals surface area contributed by atoms with Gasteiger partial charge in [0.05, 0.1) is 5.69 Å². The molecule has 4 rings (SSSR count). The van der Waals surface area contributed by atoms with Gasteiger partial charge in [-0.05, 0) is 92.8 Å². The Bertz CT molecular complexity index is 1510. The van der Waals surface area contributed by atoms with Crippen LogP contribution in [0.15, 0.2) is 79.0 Å². The molecule has 0 saturated heterocycles. The number of amides is 2. The van der Waals surface area contributed by atoms with Gasteiger partial charge >= 0.3 is 0 Å². The number of anilines is 3. The van der Waals surface area contributed by atoms with Crippen LogP contribution in [0.1, 0.15) is 73.4 Å². The molecule has 7 heteroatoms. The zero-order valence-corrected chi connectivity index (χ0v) is 24.2. The summed E-state index contributed by atoms with van der Waals surface area (Å²) in [7, 11) is 0. The molecule has 0 fully saturated rings. The second-order valence-electron chi connectivity index (χ2n) is 11.9. The summed E-state index contributed by atoms with van der Waals surface area (Å²) in [5.74, 6) is 0.143. The highest BCUT2D eigenvalue weighted by Gasteiger charge is 2.17. The van der Waals surface area contributed by atoms with Gasteiger partial charge in [-0.3, -0.25) is 9.59 Å². The monoisotopic (exact) mass is 535 g/mol. The summed E-state index contributed by atoms with van der Waals surface area (Å²) in [5.41, 5.74) is 6.08. The minimum atomic E-state index is -0.307. The third-order valence-corrected chi connectivity index (χ3v) is 6.42. The van der Waals surface area contributed by atoms with E-state index < -0.39 is 0 Å². The standard InChI is InChI=1S/C33H37N5O2/c1-21-26(9-8-10-27(21)36-29(39)22-11-15-24(16-12-22)32(2,3)4)28-19-20-34-31(37-28)35-25-17-13-23(14-18-25)30(40)38-33(5,6)7/h8-20H,1-7H3,(H,36,39)(H,38,40)(H,34,35,37). The number of aromatic nitrogens is 2. The van der Waals surface area contributed by atoms with Crippen LogP contribution in [0.4, 0.5) is 17.3 Å². The molecule has 1 heterocycles. The Morgan fingerprint density at radius 2 is 1.38 bits per heavy atom. The molecule has 40 heavy (non-hydrogen) atoms. The van der Waals surface area contributed by atoms with Gasteiger partial charge in [-0.2, -0.15) is 0 Å². The van der Waals surface area contributed by atoms with Gasteiger partial charge in [0.25, 0.3) is 11.8 Å². The van der Waals surface area contributed by atoms with Gasteiger partial charge in [0, 0.05) is 39.8 Å². The Balaban J connectivity index is 1.49. The van der Waals surface area contributed by atoms with Crippen LogP contribution in [0.3, 0.4) is 0 Å². The second kappa shape index (κ2) is 11.3. The largest absolute Gasteiger partial charge is 0.347 e. The minimum absolute atomic E-state index is 0.0250. The molecule has 0 aliphatic rings.